The lowest BCUT2D eigenvalue weighted by atomic mass is 10.1. The van der Waals surface area contributed by atoms with Crippen molar-refractivity contribution in [3.8, 4) is 11.5 Å². The highest BCUT2D eigenvalue weighted by molar-refractivity contribution is 5.99. The zero-order valence-electron chi connectivity index (χ0n) is 11.0. The van der Waals surface area contributed by atoms with Crippen molar-refractivity contribution in [1.29, 1.82) is 0 Å². The summed E-state index contributed by atoms with van der Waals surface area (Å²) in [6.45, 7) is 3.87. The maximum Gasteiger partial charge on any atom is 0.258 e. The summed E-state index contributed by atoms with van der Waals surface area (Å²) in [5.41, 5.74) is 0.487. The van der Waals surface area contributed by atoms with Gasteiger partial charge in [0.2, 0.25) is 0 Å². The molecule has 0 aliphatic heterocycles. The third-order valence-electron chi connectivity index (χ3n) is 2.62. The third-order valence-corrected chi connectivity index (χ3v) is 2.62. The average Bonchev–Trinajstić information content (AvgIpc) is 3.11. The molecule has 0 unspecified atom stereocenters. The lowest BCUT2D eigenvalue weighted by molar-refractivity contribution is 0.0952. The zero-order chi connectivity index (χ0) is 13.1. The summed E-state index contributed by atoms with van der Waals surface area (Å²) in [4.78, 5) is 12.0. The van der Waals surface area contributed by atoms with Gasteiger partial charge in [-0.1, -0.05) is 6.07 Å². The Bertz CT molecular complexity index is 416. The Kier molecular flexibility index (Phi) is 3.75. The van der Waals surface area contributed by atoms with E-state index in [1.807, 2.05) is 26.0 Å². The van der Waals surface area contributed by atoms with E-state index in [2.05, 4.69) is 5.32 Å². The zero-order valence-corrected chi connectivity index (χ0v) is 11.0. The van der Waals surface area contributed by atoms with Gasteiger partial charge in [0, 0.05) is 7.05 Å². The number of benzene rings is 1. The van der Waals surface area contributed by atoms with Crippen LogP contribution >= 0.6 is 0 Å². The van der Waals surface area contributed by atoms with E-state index >= 15 is 0 Å². The molecule has 1 fully saturated rings. The second-order valence-electron chi connectivity index (χ2n) is 4.69. The van der Waals surface area contributed by atoms with E-state index in [9.17, 15) is 4.79 Å². The van der Waals surface area contributed by atoms with Crippen molar-refractivity contribution < 1.29 is 14.3 Å². The quantitative estimate of drug-likeness (QED) is 0.871. The van der Waals surface area contributed by atoms with Crippen LogP contribution < -0.4 is 14.8 Å². The predicted octanol–water partition coefficient (Wildman–Crippen LogP) is 2.37. The minimum Gasteiger partial charge on any atom is -0.490 e. The topological polar surface area (TPSA) is 47.6 Å². The minimum absolute atomic E-state index is 0.0181. The SMILES string of the molecule is CNC(=O)c1c(OC(C)C)cccc1OC1CC1. The molecule has 1 aliphatic rings. The number of ether oxygens (including phenoxy) is 2. The molecule has 1 aromatic rings. The monoisotopic (exact) mass is 249 g/mol. The molecule has 1 aromatic carbocycles. The molecule has 0 bridgehead atoms. The molecule has 18 heavy (non-hydrogen) atoms. The van der Waals surface area contributed by atoms with Gasteiger partial charge >= 0.3 is 0 Å². The molecule has 4 heteroatoms. The first-order valence-corrected chi connectivity index (χ1v) is 6.30. The second kappa shape index (κ2) is 5.29. The van der Waals surface area contributed by atoms with Crippen LogP contribution in [-0.4, -0.2) is 25.2 Å². The van der Waals surface area contributed by atoms with E-state index in [0.717, 1.165) is 12.8 Å². The third kappa shape index (κ3) is 2.94. The first kappa shape index (κ1) is 12.7. The van der Waals surface area contributed by atoms with Crippen LogP contribution in [0.2, 0.25) is 0 Å². The van der Waals surface area contributed by atoms with Crippen molar-refractivity contribution in [3.63, 3.8) is 0 Å². The first-order valence-electron chi connectivity index (χ1n) is 6.30. The highest BCUT2D eigenvalue weighted by atomic mass is 16.5. The van der Waals surface area contributed by atoms with E-state index in [0.29, 0.717) is 17.1 Å². The van der Waals surface area contributed by atoms with Crippen LogP contribution in [0.5, 0.6) is 11.5 Å². The van der Waals surface area contributed by atoms with Gasteiger partial charge in [0.05, 0.1) is 12.2 Å². The summed E-state index contributed by atoms with van der Waals surface area (Å²) in [5, 5.41) is 2.63. The van der Waals surface area contributed by atoms with Crippen molar-refractivity contribution >= 4 is 5.91 Å². The molecule has 0 saturated heterocycles. The highest BCUT2D eigenvalue weighted by Crippen LogP contribution is 2.34. The summed E-state index contributed by atoms with van der Waals surface area (Å²) in [6.07, 6.45) is 2.39. The molecule has 0 heterocycles. The molecule has 1 N–H and O–H groups in total. The fourth-order valence-corrected chi connectivity index (χ4v) is 1.68. The van der Waals surface area contributed by atoms with E-state index in [-0.39, 0.29) is 18.1 Å². The Morgan fingerprint density at radius 1 is 1.33 bits per heavy atom. The number of nitrogens with one attached hydrogen (secondary N) is 1. The van der Waals surface area contributed by atoms with Crippen molar-refractivity contribution in [1.82, 2.24) is 5.32 Å². The van der Waals surface area contributed by atoms with Crippen molar-refractivity contribution in [3.05, 3.63) is 23.8 Å². The van der Waals surface area contributed by atoms with Crippen LogP contribution in [0.3, 0.4) is 0 Å². The molecule has 1 aliphatic carbocycles. The van der Waals surface area contributed by atoms with Gasteiger partial charge < -0.3 is 14.8 Å². The van der Waals surface area contributed by atoms with Gasteiger partial charge in [0.1, 0.15) is 17.1 Å². The Balaban J connectivity index is 2.34. The van der Waals surface area contributed by atoms with Crippen LogP contribution in [0.15, 0.2) is 18.2 Å². The Hall–Kier alpha value is -1.71. The summed E-state index contributed by atoms with van der Waals surface area (Å²) in [5.74, 6) is 0.999. The van der Waals surface area contributed by atoms with Gasteiger partial charge in [-0.25, -0.2) is 0 Å². The fourth-order valence-electron chi connectivity index (χ4n) is 1.68. The van der Waals surface area contributed by atoms with Crippen LogP contribution in [0.1, 0.15) is 37.0 Å². The van der Waals surface area contributed by atoms with Gasteiger partial charge in [0.15, 0.2) is 0 Å². The first-order chi connectivity index (χ1) is 8.61. The number of carbonyl (C=O) groups is 1. The summed E-state index contributed by atoms with van der Waals surface area (Å²) in [6, 6.07) is 5.46. The molecule has 0 aromatic heterocycles. The predicted molar refractivity (Wildman–Crippen MR) is 69.2 cm³/mol. The molecule has 1 amide bonds. The largest absolute Gasteiger partial charge is 0.490 e. The maximum absolute atomic E-state index is 12.0. The summed E-state index contributed by atoms with van der Waals surface area (Å²) in [7, 11) is 1.61. The van der Waals surface area contributed by atoms with Gasteiger partial charge in [-0.15, -0.1) is 0 Å². The Morgan fingerprint density at radius 2 is 2.00 bits per heavy atom. The van der Waals surface area contributed by atoms with Gasteiger partial charge in [-0.2, -0.15) is 0 Å². The Morgan fingerprint density at radius 3 is 2.56 bits per heavy atom. The smallest absolute Gasteiger partial charge is 0.258 e. The van der Waals surface area contributed by atoms with Gasteiger partial charge in [-0.05, 0) is 38.8 Å². The molecule has 0 radical (unpaired) electrons. The standard InChI is InChI=1S/C14H19NO3/c1-9(2)17-11-5-4-6-12(18-10-7-8-10)13(11)14(16)15-3/h4-6,9-10H,7-8H2,1-3H3,(H,15,16). The Labute approximate surface area is 107 Å². The second-order valence-corrected chi connectivity index (χ2v) is 4.69. The molecule has 98 valence electrons. The normalized spacial score (nSPS) is 14.4. The number of rotatable bonds is 5. The van der Waals surface area contributed by atoms with Gasteiger partial charge in [-0.3, -0.25) is 4.79 Å². The fraction of sp³-hybridized carbons (Fsp3) is 0.500. The number of amides is 1. The van der Waals surface area contributed by atoms with E-state index < -0.39 is 0 Å². The maximum atomic E-state index is 12.0. The number of hydrogen-bond acceptors (Lipinski definition) is 3. The molecule has 1 saturated carbocycles. The van der Waals surface area contributed by atoms with Crippen molar-refractivity contribution in [2.24, 2.45) is 0 Å². The number of carbonyl (C=O) groups excluding carboxylic acids is 1. The van der Waals surface area contributed by atoms with Gasteiger partial charge in [0.25, 0.3) is 5.91 Å². The molecular weight excluding hydrogens is 230 g/mol. The molecular formula is C14H19NO3. The molecule has 0 spiro atoms. The van der Waals surface area contributed by atoms with Crippen LogP contribution in [0, 0.1) is 0 Å². The molecule has 4 nitrogen and oxygen atoms in total. The van der Waals surface area contributed by atoms with Crippen LogP contribution in [0.25, 0.3) is 0 Å². The van der Waals surface area contributed by atoms with Crippen LogP contribution in [-0.2, 0) is 0 Å². The molecule has 2 rings (SSSR count). The highest BCUT2D eigenvalue weighted by Gasteiger charge is 2.27. The summed E-state index contributed by atoms with van der Waals surface area (Å²) < 4.78 is 11.4. The van der Waals surface area contributed by atoms with Crippen molar-refractivity contribution in [2.45, 2.75) is 38.9 Å². The van der Waals surface area contributed by atoms with E-state index in [1.165, 1.54) is 0 Å². The lowest BCUT2D eigenvalue weighted by Crippen LogP contribution is -2.21. The lowest BCUT2D eigenvalue weighted by Gasteiger charge is -2.16. The van der Waals surface area contributed by atoms with E-state index in [4.69, 9.17) is 9.47 Å². The molecule has 0 atom stereocenters. The van der Waals surface area contributed by atoms with Crippen molar-refractivity contribution in [2.75, 3.05) is 7.05 Å². The van der Waals surface area contributed by atoms with Crippen LogP contribution in [0.4, 0.5) is 0 Å². The minimum atomic E-state index is -0.179. The number of hydrogen-bond donors (Lipinski definition) is 1. The average molecular weight is 249 g/mol. The van der Waals surface area contributed by atoms with E-state index in [1.54, 1.807) is 13.1 Å². The summed E-state index contributed by atoms with van der Waals surface area (Å²) >= 11 is 0.